The molecular formula is C13H18N2S2. The lowest BCUT2D eigenvalue weighted by Gasteiger charge is -2.24. The molecule has 1 heterocycles. The number of rotatable bonds is 4. The Labute approximate surface area is 113 Å². The molecule has 1 aliphatic rings. The summed E-state index contributed by atoms with van der Waals surface area (Å²) >= 11 is 7.09. The molecule has 1 fully saturated rings. The molecule has 1 aromatic carbocycles. The minimum absolute atomic E-state index is 0.930. The van der Waals surface area contributed by atoms with E-state index >= 15 is 0 Å². The molecule has 0 unspecified atom stereocenters. The molecule has 0 bridgehead atoms. The van der Waals surface area contributed by atoms with Crippen LogP contribution in [0.15, 0.2) is 24.3 Å². The van der Waals surface area contributed by atoms with Crippen LogP contribution < -0.4 is 0 Å². The Morgan fingerprint density at radius 3 is 2.65 bits per heavy atom. The molecule has 92 valence electrons. The van der Waals surface area contributed by atoms with Gasteiger partial charge in [-0.05, 0) is 19.5 Å². The summed E-state index contributed by atoms with van der Waals surface area (Å²) < 4.78 is 1.04. The van der Waals surface area contributed by atoms with E-state index in [-0.39, 0.29) is 0 Å². The van der Waals surface area contributed by atoms with E-state index in [2.05, 4.69) is 48.0 Å². The minimum atomic E-state index is 0.930. The van der Waals surface area contributed by atoms with Crippen LogP contribution in [-0.2, 0) is 6.54 Å². The predicted octanol–water partition coefficient (Wildman–Crippen LogP) is 2.72. The zero-order valence-electron chi connectivity index (χ0n) is 10.3. The molecule has 1 saturated heterocycles. The molecule has 0 atom stereocenters. The molecule has 0 radical (unpaired) electrons. The van der Waals surface area contributed by atoms with Crippen LogP contribution in [0.3, 0.4) is 0 Å². The van der Waals surface area contributed by atoms with Crippen molar-refractivity contribution in [2.45, 2.75) is 13.5 Å². The number of thioether (sulfide) groups is 1. The largest absolute Gasteiger partial charge is 0.344 e. The van der Waals surface area contributed by atoms with Crippen LogP contribution in [0.1, 0.15) is 11.1 Å². The highest BCUT2D eigenvalue weighted by Gasteiger charge is 2.18. The summed E-state index contributed by atoms with van der Waals surface area (Å²) in [6, 6.07) is 8.73. The third-order valence-electron chi connectivity index (χ3n) is 2.83. The number of hydrogen-bond acceptors (Lipinski definition) is 3. The smallest absolute Gasteiger partial charge is 0.137 e. The van der Waals surface area contributed by atoms with Gasteiger partial charge in [0.15, 0.2) is 0 Å². The van der Waals surface area contributed by atoms with Gasteiger partial charge < -0.3 is 4.90 Å². The maximum atomic E-state index is 5.30. The molecule has 0 aromatic heterocycles. The second-order valence-electron chi connectivity index (χ2n) is 4.52. The third kappa shape index (κ3) is 3.69. The van der Waals surface area contributed by atoms with Gasteiger partial charge in [-0.3, -0.25) is 4.90 Å². The van der Waals surface area contributed by atoms with Gasteiger partial charge in [0, 0.05) is 18.8 Å². The molecule has 0 amide bonds. The zero-order valence-corrected chi connectivity index (χ0v) is 12.0. The fourth-order valence-corrected chi connectivity index (χ4v) is 3.12. The Hall–Kier alpha value is -0.580. The average Bonchev–Trinajstić information content (AvgIpc) is 2.68. The Morgan fingerprint density at radius 1 is 1.35 bits per heavy atom. The van der Waals surface area contributed by atoms with Crippen molar-refractivity contribution in [2.75, 3.05) is 26.0 Å². The molecule has 0 aliphatic carbocycles. The van der Waals surface area contributed by atoms with Crippen molar-refractivity contribution in [2.24, 2.45) is 0 Å². The Kier molecular flexibility index (Phi) is 4.42. The molecule has 2 rings (SSSR count). The summed E-state index contributed by atoms with van der Waals surface area (Å²) in [7, 11) is 2.14. The normalized spacial score (nSPS) is 15.9. The number of thiocarbonyl (C=S) groups is 1. The predicted molar refractivity (Wildman–Crippen MR) is 79.3 cm³/mol. The molecule has 0 saturated carbocycles. The lowest BCUT2D eigenvalue weighted by molar-refractivity contribution is 0.229. The van der Waals surface area contributed by atoms with Gasteiger partial charge in [-0.2, -0.15) is 0 Å². The van der Waals surface area contributed by atoms with Gasteiger partial charge in [-0.1, -0.05) is 53.8 Å². The summed E-state index contributed by atoms with van der Waals surface area (Å²) in [5.41, 5.74) is 2.67. The van der Waals surface area contributed by atoms with E-state index < -0.39 is 0 Å². The maximum absolute atomic E-state index is 5.30. The zero-order chi connectivity index (χ0) is 12.3. The van der Waals surface area contributed by atoms with Gasteiger partial charge in [0.25, 0.3) is 0 Å². The first kappa shape index (κ1) is 12.9. The molecular weight excluding hydrogens is 248 g/mol. The van der Waals surface area contributed by atoms with Crippen LogP contribution in [0.2, 0.25) is 0 Å². The van der Waals surface area contributed by atoms with E-state index in [0.717, 1.165) is 29.8 Å². The van der Waals surface area contributed by atoms with Crippen molar-refractivity contribution >= 4 is 28.3 Å². The molecule has 0 spiro atoms. The van der Waals surface area contributed by atoms with Crippen LogP contribution in [-0.4, -0.2) is 40.1 Å². The van der Waals surface area contributed by atoms with Crippen molar-refractivity contribution in [1.29, 1.82) is 0 Å². The lowest BCUT2D eigenvalue weighted by atomic mass is 10.1. The van der Waals surface area contributed by atoms with Crippen molar-refractivity contribution in [3.8, 4) is 0 Å². The summed E-state index contributed by atoms with van der Waals surface area (Å²) in [6.07, 6.45) is 0. The molecule has 1 aliphatic heterocycles. The Balaban J connectivity index is 1.86. The summed E-state index contributed by atoms with van der Waals surface area (Å²) in [5, 5.41) is 0. The first-order valence-electron chi connectivity index (χ1n) is 5.81. The fourth-order valence-electron chi connectivity index (χ4n) is 1.90. The lowest BCUT2D eigenvalue weighted by Crippen LogP contribution is -2.35. The van der Waals surface area contributed by atoms with Crippen LogP contribution in [0.5, 0.6) is 0 Å². The molecule has 4 heteroatoms. The van der Waals surface area contributed by atoms with Crippen molar-refractivity contribution in [3.05, 3.63) is 35.4 Å². The SMILES string of the molecule is Cc1ccc(CN(C)CN2CCSC2=S)cc1. The number of nitrogens with zero attached hydrogens (tertiary/aromatic N) is 2. The molecule has 1 aromatic rings. The quantitative estimate of drug-likeness (QED) is 0.773. The van der Waals surface area contributed by atoms with Crippen molar-refractivity contribution in [1.82, 2.24) is 9.80 Å². The standard InChI is InChI=1S/C13H18N2S2/c1-11-3-5-12(6-4-11)9-14(2)10-15-7-8-17-13(15)16/h3-6H,7-10H2,1-2H3. The van der Waals surface area contributed by atoms with E-state index in [4.69, 9.17) is 12.2 Å². The van der Waals surface area contributed by atoms with Gasteiger partial charge in [0.2, 0.25) is 0 Å². The molecule has 0 N–H and O–H groups in total. The molecule has 2 nitrogen and oxygen atoms in total. The van der Waals surface area contributed by atoms with Crippen molar-refractivity contribution < 1.29 is 0 Å². The first-order chi connectivity index (χ1) is 8.15. The van der Waals surface area contributed by atoms with E-state index in [9.17, 15) is 0 Å². The number of aryl methyl sites for hydroxylation is 1. The van der Waals surface area contributed by atoms with Gasteiger partial charge in [0.1, 0.15) is 4.32 Å². The highest BCUT2D eigenvalue weighted by atomic mass is 32.2. The van der Waals surface area contributed by atoms with Gasteiger partial charge in [0.05, 0.1) is 6.67 Å². The summed E-state index contributed by atoms with van der Waals surface area (Å²) in [6.45, 7) is 5.11. The van der Waals surface area contributed by atoms with E-state index in [1.807, 2.05) is 0 Å². The second-order valence-corrected chi connectivity index (χ2v) is 6.25. The maximum Gasteiger partial charge on any atom is 0.137 e. The van der Waals surface area contributed by atoms with E-state index in [1.165, 1.54) is 11.1 Å². The third-order valence-corrected chi connectivity index (χ3v) is 4.33. The fraction of sp³-hybridized carbons (Fsp3) is 0.462. The van der Waals surface area contributed by atoms with Gasteiger partial charge >= 0.3 is 0 Å². The van der Waals surface area contributed by atoms with Crippen LogP contribution in [0.25, 0.3) is 0 Å². The molecule has 17 heavy (non-hydrogen) atoms. The van der Waals surface area contributed by atoms with Crippen LogP contribution in [0, 0.1) is 6.92 Å². The van der Waals surface area contributed by atoms with Gasteiger partial charge in [-0.15, -0.1) is 0 Å². The topological polar surface area (TPSA) is 6.48 Å². The van der Waals surface area contributed by atoms with Gasteiger partial charge in [-0.25, -0.2) is 0 Å². The Bertz CT molecular complexity index is 389. The first-order valence-corrected chi connectivity index (χ1v) is 7.20. The highest BCUT2D eigenvalue weighted by molar-refractivity contribution is 8.23. The summed E-state index contributed by atoms with van der Waals surface area (Å²) in [5.74, 6) is 1.14. The van der Waals surface area contributed by atoms with Crippen LogP contribution >= 0.6 is 24.0 Å². The van der Waals surface area contributed by atoms with E-state index in [0.29, 0.717) is 0 Å². The highest BCUT2D eigenvalue weighted by Crippen LogP contribution is 2.18. The minimum Gasteiger partial charge on any atom is -0.344 e. The monoisotopic (exact) mass is 266 g/mol. The number of hydrogen-bond donors (Lipinski definition) is 0. The van der Waals surface area contributed by atoms with Crippen LogP contribution in [0.4, 0.5) is 0 Å². The Morgan fingerprint density at radius 2 is 2.06 bits per heavy atom. The van der Waals surface area contributed by atoms with E-state index in [1.54, 1.807) is 11.8 Å². The summed E-state index contributed by atoms with van der Waals surface area (Å²) in [4.78, 5) is 4.58. The average molecular weight is 266 g/mol. The second kappa shape index (κ2) is 5.85. The van der Waals surface area contributed by atoms with Crippen molar-refractivity contribution in [3.63, 3.8) is 0 Å². The number of benzene rings is 1.